The molecule has 4 rings (SSSR count). The molecule has 0 fully saturated rings. The standard InChI is InChI=1S/C66H93N17O14S2/c1-98-30-26-47(58(69)90)79-64(96)52(33-40-12-5-3-6-13-40)77-56(88)39-74-55(87)37-76-60(92)51(35-43-20-24-45(85)25-21-43)83-62(94)49(17-11-29-72-66(70)71)81-61(93)48(16-9-10-28-67)80-63(95)50(27-31-99-2)82-65(97)53(34-41-14-7-4-8-15-41)78-57(89)38-73-54(86)36-75-59(91)46(68)32-42-18-22-44(84)23-19-42/h3-8,12-15,18-25,46-53,84-85H,9-11,16-17,26-39,67-68H2,1-2H3,(H2,69,90)(H,73,86)(H,74,87)(H,75,91)(H,76,92)(H,77,88)(H,78,89)(H,79,96)(H,80,95)(H,81,93)(H,82,97)(H,83,94)(H4,70,71,72)/t46-,47-,48-,49-,50-,51-,52-,53-/m0/s1. The van der Waals surface area contributed by atoms with Crippen LogP contribution < -0.4 is 87.2 Å². The Labute approximate surface area is 582 Å². The van der Waals surface area contributed by atoms with Crippen LogP contribution in [-0.2, 0) is 83.2 Å². The van der Waals surface area contributed by atoms with E-state index in [0.29, 0.717) is 46.6 Å². The first-order valence-electron chi connectivity index (χ1n) is 32.0. The second-order valence-corrected chi connectivity index (χ2v) is 24.9. The van der Waals surface area contributed by atoms with Crippen LogP contribution in [0.1, 0.15) is 67.2 Å². The number of hydrogen-bond acceptors (Lipinski definition) is 19. The lowest BCUT2D eigenvalue weighted by Crippen LogP contribution is -2.59. The van der Waals surface area contributed by atoms with Crippen molar-refractivity contribution in [2.45, 2.75) is 119 Å². The Morgan fingerprint density at radius 3 is 1.17 bits per heavy atom. The molecule has 23 N–H and O–H groups in total. The molecule has 0 radical (unpaired) electrons. The molecule has 0 spiro atoms. The topological polar surface area (TPSA) is 520 Å². The summed E-state index contributed by atoms with van der Waals surface area (Å²) in [6, 6.07) is 19.0. The number of hydrogen-bond donors (Lipinski definition) is 18. The van der Waals surface area contributed by atoms with Gasteiger partial charge in [0.1, 0.15) is 53.8 Å². The molecular weight excluding hydrogens is 1320 g/mol. The number of aromatic hydroxyl groups is 2. The monoisotopic (exact) mass is 1410 g/mol. The maximum absolute atomic E-state index is 14.6. The van der Waals surface area contributed by atoms with Crippen LogP contribution in [0.2, 0.25) is 0 Å². The van der Waals surface area contributed by atoms with Crippen molar-refractivity contribution in [1.82, 2.24) is 58.5 Å². The predicted octanol–water partition coefficient (Wildman–Crippen LogP) is -3.27. The van der Waals surface area contributed by atoms with Gasteiger partial charge in [0.25, 0.3) is 0 Å². The molecule has 0 aliphatic heterocycles. The number of nitrogens with one attached hydrogen (secondary N) is 11. The minimum absolute atomic E-state index is 0.00477. The summed E-state index contributed by atoms with van der Waals surface area (Å²) in [5.41, 5.74) is 31.0. The second kappa shape index (κ2) is 44.8. The van der Waals surface area contributed by atoms with Gasteiger partial charge in [0.05, 0.1) is 32.2 Å². The molecule has 99 heavy (non-hydrogen) atoms. The molecule has 0 unspecified atom stereocenters. The minimum atomic E-state index is -1.46. The van der Waals surface area contributed by atoms with E-state index in [0.717, 1.165) is 0 Å². The van der Waals surface area contributed by atoms with Gasteiger partial charge in [-0.1, -0.05) is 84.9 Å². The number of rotatable bonds is 45. The van der Waals surface area contributed by atoms with Crippen molar-refractivity contribution in [2.24, 2.45) is 33.7 Å². The number of benzene rings is 4. The van der Waals surface area contributed by atoms with Crippen LogP contribution in [0.5, 0.6) is 11.5 Å². The smallest absolute Gasteiger partial charge is 0.243 e. The third-order valence-corrected chi connectivity index (χ3v) is 16.3. The number of nitrogens with two attached hydrogens (primary N) is 5. The Morgan fingerprint density at radius 2 is 0.747 bits per heavy atom. The number of carbonyl (C=O) groups excluding carboxylic acids is 12. The Bertz CT molecular complexity index is 3320. The molecule has 12 amide bonds. The van der Waals surface area contributed by atoms with Gasteiger partial charge in [-0.05, 0) is 128 Å². The van der Waals surface area contributed by atoms with Crippen molar-refractivity contribution < 1.29 is 67.7 Å². The molecular formula is C66H93N17O14S2. The summed E-state index contributed by atoms with van der Waals surface area (Å²) in [7, 11) is 0. The lowest BCUT2D eigenvalue weighted by atomic mass is 10.0. The van der Waals surface area contributed by atoms with Crippen LogP contribution in [0.15, 0.2) is 114 Å². The highest BCUT2D eigenvalue weighted by molar-refractivity contribution is 7.98. The largest absolute Gasteiger partial charge is 0.508 e. The quantitative estimate of drug-likeness (QED) is 0.0117. The summed E-state index contributed by atoms with van der Waals surface area (Å²) in [6.45, 7) is -2.30. The Hall–Kier alpha value is -9.99. The van der Waals surface area contributed by atoms with E-state index in [-0.39, 0.29) is 88.3 Å². The molecule has 0 bridgehead atoms. The van der Waals surface area contributed by atoms with Crippen LogP contribution in [0.3, 0.4) is 0 Å². The average molecular weight is 1410 g/mol. The Kier molecular flexibility index (Phi) is 36.8. The van der Waals surface area contributed by atoms with Gasteiger partial charge in [0.2, 0.25) is 70.9 Å². The van der Waals surface area contributed by atoms with Crippen LogP contribution in [0.4, 0.5) is 0 Å². The summed E-state index contributed by atoms with van der Waals surface area (Å²) in [4.78, 5) is 167. The highest BCUT2D eigenvalue weighted by Gasteiger charge is 2.34. The normalized spacial score (nSPS) is 13.3. The van der Waals surface area contributed by atoms with Crippen LogP contribution in [-0.4, -0.2) is 199 Å². The van der Waals surface area contributed by atoms with E-state index >= 15 is 0 Å². The van der Waals surface area contributed by atoms with E-state index in [2.05, 4.69) is 63.5 Å². The van der Waals surface area contributed by atoms with Crippen molar-refractivity contribution in [2.75, 3.05) is 63.3 Å². The first kappa shape index (κ1) is 81.4. The maximum Gasteiger partial charge on any atom is 0.243 e. The number of thioether (sulfide) groups is 2. The van der Waals surface area contributed by atoms with E-state index in [9.17, 15) is 67.7 Å². The van der Waals surface area contributed by atoms with Crippen LogP contribution >= 0.6 is 23.5 Å². The molecule has 0 saturated heterocycles. The van der Waals surface area contributed by atoms with Gasteiger partial charge < -0.3 is 97.4 Å². The first-order chi connectivity index (χ1) is 47.4. The van der Waals surface area contributed by atoms with E-state index in [1.165, 1.54) is 59.9 Å². The van der Waals surface area contributed by atoms with Gasteiger partial charge in [-0.15, -0.1) is 0 Å². The van der Waals surface area contributed by atoms with Gasteiger partial charge in [0.15, 0.2) is 5.96 Å². The third-order valence-electron chi connectivity index (χ3n) is 15.0. The van der Waals surface area contributed by atoms with E-state index in [1.807, 2.05) is 6.26 Å². The molecule has 0 saturated carbocycles. The molecule has 0 aromatic heterocycles. The third kappa shape index (κ3) is 32.3. The lowest BCUT2D eigenvalue weighted by Gasteiger charge is -2.27. The zero-order valence-corrected chi connectivity index (χ0v) is 57.0. The summed E-state index contributed by atoms with van der Waals surface area (Å²) >= 11 is 2.80. The van der Waals surface area contributed by atoms with Crippen molar-refractivity contribution in [3.05, 3.63) is 131 Å². The fourth-order valence-electron chi connectivity index (χ4n) is 9.66. The number of primary amides is 1. The molecule has 538 valence electrons. The molecule has 0 heterocycles. The number of phenolic OH excluding ortho intramolecular Hbond substituents is 2. The number of carbonyl (C=O) groups is 12. The number of aliphatic imine (C=N–C) groups is 1. The molecule has 4 aromatic carbocycles. The number of guanidine groups is 1. The second-order valence-electron chi connectivity index (χ2n) is 23.0. The summed E-state index contributed by atoms with van der Waals surface area (Å²) in [6.07, 6.45) is 4.39. The molecule has 4 aromatic rings. The zero-order valence-electron chi connectivity index (χ0n) is 55.4. The minimum Gasteiger partial charge on any atom is -0.508 e. The molecule has 8 atom stereocenters. The fourth-order valence-corrected chi connectivity index (χ4v) is 10.6. The predicted molar refractivity (Wildman–Crippen MR) is 375 cm³/mol. The molecule has 0 aliphatic rings. The van der Waals surface area contributed by atoms with E-state index < -0.39 is 145 Å². The van der Waals surface area contributed by atoms with Crippen molar-refractivity contribution in [1.29, 1.82) is 0 Å². The number of amides is 12. The van der Waals surface area contributed by atoms with Gasteiger partial charge in [-0.3, -0.25) is 62.5 Å². The number of unbranched alkanes of at least 4 members (excludes halogenated alkanes) is 1. The average Bonchev–Trinajstić information content (AvgIpc) is 1.02. The highest BCUT2D eigenvalue weighted by atomic mass is 32.2. The van der Waals surface area contributed by atoms with Gasteiger partial charge >= 0.3 is 0 Å². The van der Waals surface area contributed by atoms with Crippen molar-refractivity contribution in [3.63, 3.8) is 0 Å². The van der Waals surface area contributed by atoms with Crippen molar-refractivity contribution in [3.8, 4) is 11.5 Å². The van der Waals surface area contributed by atoms with Crippen LogP contribution in [0.25, 0.3) is 0 Å². The number of nitrogens with zero attached hydrogens (tertiary/aromatic N) is 1. The molecule has 0 aliphatic carbocycles. The van der Waals surface area contributed by atoms with Gasteiger partial charge in [-0.25, -0.2) is 0 Å². The Morgan fingerprint density at radius 1 is 0.394 bits per heavy atom. The summed E-state index contributed by atoms with van der Waals surface area (Å²) in [5, 5.41) is 47.9. The Balaban J connectivity index is 1.50. The molecule has 31 nitrogen and oxygen atoms in total. The zero-order chi connectivity index (χ0) is 72.7. The summed E-state index contributed by atoms with van der Waals surface area (Å²) < 4.78 is 0. The lowest BCUT2D eigenvalue weighted by molar-refractivity contribution is -0.135. The fraction of sp³-hybridized carbons (Fsp3) is 0.439. The summed E-state index contributed by atoms with van der Waals surface area (Å²) in [5.74, 6) is -8.98. The highest BCUT2D eigenvalue weighted by Crippen LogP contribution is 2.15. The van der Waals surface area contributed by atoms with Gasteiger partial charge in [0, 0.05) is 25.8 Å². The maximum atomic E-state index is 14.6. The van der Waals surface area contributed by atoms with Crippen LogP contribution in [0, 0.1) is 0 Å². The van der Waals surface area contributed by atoms with E-state index in [4.69, 9.17) is 28.7 Å². The first-order valence-corrected chi connectivity index (χ1v) is 34.8. The van der Waals surface area contributed by atoms with Gasteiger partial charge in [-0.2, -0.15) is 23.5 Å². The molecule has 33 heteroatoms. The van der Waals surface area contributed by atoms with E-state index in [1.54, 1.807) is 79.1 Å². The number of phenols is 2. The SMILES string of the molecule is CSCC[C@H](NC(=O)[C@H](Cc1ccccc1)NC(=O)CNC(=O)CNC(=O)[C@H](Cc1ccc(O)cc1)NC(=O)[C@H](CCCN=C(N)N)NC(=O)[C@H](CCCCN)NC(=O)[C@H](CCSC)NC(=O)[C@H](Cc1ccccc1)NC(=O)CNC(=O)CNC(=O)[C@@H](N)Cc1ccc(O)cc1)C(N)=O. The van der Waals surface area contributed by atoms with Crippen molar-refractivity contribution >= 4 is 100 Å².